The Kier molecular flexibility index (Phi) is 2.88. The lowest BCUT2D eigenvalue weighted by atomic mass is 10.2. The van der Waals surface area contributed by atoms with Crippen molar-refractivity contribution in [3.8, 4) is 5.69 Å². The van der Waals surface area contributed by atoms with Gasteiger partial charge in [0.1, 0.15) is 0 Å². The molecule has 0 aliphatic rings. The molecule has 1 amide bonds. The lowest BCUT2D eigenvalue weighted by Crippen LogP contribution is -2.30. The maximum Gasteiger partial charge on any atom is 0.287 e. The van der Waals surface area contributed by atoms with Gasteiger partial charge in [-0.2, -0.15) is 9.90 Å². The molecule has 17 heavy (non-hydrogen) atoms. The molecule has 1 heterocycles. The number of hydrazine groups is 1. The van der Waals surface area contributed by atoms with E-state index >= 15 is 0 Å². The molecule has 0 saturated carbocycles. The largest absolute Gasteiger partial charge is 0.289 e. The van der Waals surface area contributed by atoms with Gasteiger partial charge in [0, 0.05) is 0 Å². The minimum atomic E-state index is -0.444. The Morgan fingerprint density at radius 1 is 1.24 bits per heavy atom. The van der Waals surface area contributed by atoms with Crippen LogP contribution in [0.1, 0.15) is 21.7 Å². The van der Waals surface area contributed by atoms with Crippen LogP contribution in [0.4, 0.5) is 0 Å². The molecule has 6 nitrogen and oxygen atoms in total. The number of hydrogen-bond donors (Lipinski definition) is 2. The number of hydrogen-bond acceptors (Lipinski definition) is 4. The van der Waals surface area contributed by atoms with E-state index in [1.807, 2.05) is 36.6 Å². The summed E-state index contributed by atoms with van der Waals surface area (Å²) in [6.45, 7) is 3.71. The van der Waals surface area contributed by atoms with E-state index in [0.29, 0.717) is 5.69 Å². The molecular weight excluding hydrogens is 218 g/mol. The molecule has 2 rings (SSSR count). The van der Waals surface area contributed by atoms with Crippen LogP contribution in [-0.2, 0) is 0 Å². The van der Waals surface area contributed by atoms with Crippen molar-refractivity contribution >= 4 is 5.91 Å². The number of carbonyl (C=O) groups is 1. The molecule has 0 atom stereocenters. The first kappa shape index (κ1) is 11.3. The minimum absolute atomic E-state index is 0.230. The van der Waals surface area contributed by atoms with Crippen molar-refractivity contribution in [3.63, 3.8) is 0 Å². The molecule has 0 bridgehead atoms. The summed E-state index contributed by atoms with van der Waals surface area (Å²) in [4.78, 5) is 12.8. The quantitative estimate of drug-likeness (QED) is 0.447. The zero-order valence-electron chi connectivity index (χ0n) is 9.64. The van der Waals surface area contributed by atoms with Crippen molar-refractivity contribution in [1.29, 1.82) is 0 Å². The molecule has 88 valence electrons. The van der Waals surface area contributed by atoms with Crippen molar-refractivity contribution in [2.75, 3.05) is 0 Å². The number of rotatable bonds is 2. The van der Waals surface area contributed by atoms with Crippen LogP contribution in [0.2, 0.25) is 0 Å². The van der Waals surface area contributed by atoms with Gasteiger partial charge in [0.2, 0.25) is 0 Å². The fourth-order valence-corrected chi connectivity index (χ4v) is 1.45. The first-order valence-electron chi connectivity index (χ1n) is 5.13. The van der Waals surface area contributed by atoms with Gasteiger partial charge in [-0.15, -0.1) is 5.10 Å². The first-order chi connectivity index (χ1) is 8.11. The van der Waals surface area contributed by atoms with Gasteiger partial charge in [-0.1, -0.05) is 17.7 Å². The fourth-order valence-electron chi connectivity index (χ4n) is 1.45. The second kappa shape index (κ2) is 4.34. The molecule has 1 aromatic carbocycles. The number of benzene rings is 1. The van der Waals surface area contributed by atoms with Crippen LogP contribution in [0.15, 0.2) is 24.3 Å². The number of nitrogens with zero attached hydrogens (tertiary/aromatic N) is 3. The highest BCUT2D eigenvalue weighted by Crippen LogP contribution is 2.09. The third-order valence-electron chi connectivity index (χ3n) is 2.39. The third-order valence-corrected chi connectivity index (χ3v) is 2.39. The number of amides is 1. The summed E-state index contributed by atoms with van der Waals surface area (Å²) in [6, 6.07) is 7.69. The van der Waals surface area contributed by atoms with Crippen LogP contribution in [0.25, 0.3) is 5.69 Å². The zero-order valence-corrected chi connectivity index (χ0v) is 9.64. The van der Waals surface area contributed by atoms with Gasteiger partial charge < -0.3 is 0 Å². The molecule has 0 aliphatic carbocycles. The summed E-state index contributed by atoms with van der Waals surface area (Å²) >= 11 is 0. The van der Waals surface area contributed by atoms with Crippen LogP contribution >= 0.6 is 0 Å². The summed E-state index contributed by atoms with van der Waals surface area (Å²) in [7, 11) is 0. The summed E-state index contributed by atoms with van der Waals surface area (Å²) in [5.74, 6) is 4.62. The van der Waals surface area contributed by atoms with Gasteiger partial charge >= 0.3 is 0 Å². The topological polar surface area (TPSA) is 85.8 Å². The SMILES string of the molecule is Cc1ccc(-n2nc(C)c(C(=O)NN)n2)cc1. The molecule has 0 saturated heterocycles. The highest BCUT2D eigenvalue weighted by Gasteiger charge is 2.14. The van der Waals surface area contributed by atoms with Crippen LogP contribution < -0.4 is 11.3 Å². The minimum Gasteiger partial charge on any atom is -0.289 e. The van der Waals surface area contributed by atoms with Crippen LogP contribution in [0, 0.1) is 13.8 Å². The van der Waals surface area contributed by atoms with Crippen molar-refractivity contribution in [3.05, 3.63) is 41.2 Å². The first-order valence-corrected chi connectivity index (χ1v) is 5.13. The Morgan fingerprint density at radius 2 is 1.88 bits per heavy atom. The molecule has 2 aromatic rings. The molecular formula is C11H13N5O. The van der Waals surface area contributed by atoms with Gasteiger partial charge in [-0.25, -0.2) is 5.84 Å². The van der Waals surface area contributed by atoms with E-state index in [4.69, 9.17) is 5.84 Å². The normalized spacial score (nSPS) is 10.3. The summed E-state index contributed by atoms with van der Waals surface area (Å²) in [5, 5.41) is 8.26. The van der Waals surface area contributed by atoms with E-state index in [9.17, 15) is 4.79 Å². The number of nitrogens with one attached hydrogen (secondary N) is 1. The number of aryl methyl sites for hydroxylation is 2. The number of nitrogen functional groups attached to an aromatic ring is 1. The monoisotopic (exact) mass is 231 g/mol. The maximum atomic E-state index is 11.4. The molecule has 3 N–H and O–H groups in total. The van der Waals surface area contributed by atoms with Gasteiger partial charge in [-0.05, 0) is 26.0 Å². The maximum absolute atomic E-state index is 11.4. The predicted octanol–water partition coefficient (Wildman–Crippen LogP) is 0.488. The van der Waals surface area contributed by atoms with Gasteiger partial charge in [0.15, 0.2) is 5.69 Å². The average molecular weight is 231 g/mol. The molecule has 0 fully saturated rings. The second-order valence-electron chi connectivity index (χ2n) is 3.73. The van der Waals surface area contributed by atoms with Crippen LogP contribution in [-0.4, -0.2) is 20.9 Å². The molecule has 0 unspecified atom stereocenters. The number of aromatic nitrogens is 3. The lowest BCUT2D eigenvalue weighted by Gasteiger charge is -1.99. The van der Waals surface area contributed by atoms with Crippen molar-refractivity contribution < 1.29 is 4.79 Å². The van der Waals surface area contributed by atoms with E-state index in [2.05, 4.69) is 10.2 Å². The highest BCUT2D eigenvalue weighted by atomic mass is 16.2. The predicted molar refractivity (Wildman–Crippen MR) is 62.5 cm³/mol. The van der Waals surface area contributed by atoms with Crippen LogP contribution in [0.3, 0.4) is 0 Å². The Bertz CT molecular complexity index is 543. The van der Waals surface area contributed by atoms with Gasteiger partial charge in [0.25, 0.3) is 5.91 Å². The van der Waals surface area contributed by atoms with E-state index in [-0.39, 0.29) is 5.69 Å². The molecule has 1 aromatic heterocycles. The van der Waals surface area contributed by atoms with Crippen molar-refractivity contribution in [1.82, 2.24) is 20.4 Å². The summed E-state index contributed by atoms with van der Waals surface area (Å²) < 4.78 is 0. The smallest absolute Gasteiger partial charge is 0.287 e. The molecule has 6 heteroatoms. The van der Waals surface area contributed by atoms with Crippen molar-refractivity contribution in [2.24, 2.45) is 5.84 Å². The van der Waals surface area contributed by atoms with Gasteiger partial charge in [0.05, 0.1) is 11.4 Å². The Balaban J connectivity index is 2.41. The average Bonchev–Trinajstić information content (AvgIpc) is 2.71. The lowest BCUT2D eigenvalue weighted by molar-refractivity contribution is 0.0947. The number of carbonyl (C=O) groups excluding carboxylic acids is 1. The van der Waals surface area contributed by atoms with Crippen LogP contribution in [0.5, 0.6) is 0 Å². The van der Waals surface area contributed by atoms with E-state index in [0.717, 1.165) is 11.3 Å². The van der Waals surface area contributed by atoms with E-state index < -0.39 is 5.91 Å². The van der Waals surface area contributed by atoms with E-state index in [1.165, 1.54) is 4.80 Å². The summed E-state index contributed by atoms with van der Waals surface area (Å²) in [6.07, 6.45) is 0. The standard InChI is InChI=1S/C11H13N5O/c1-7-3-5-9(6-4-7)16-14-8(2)10(15-16)11(17)13-12/h3-6H,12H2,1-2H3,(H,13,17). The number of nitrogens with two attached hydrogens (primary N) is 1. The fraction of sp³-hybridized carbons (Fsp3) is 0.182. The van der Waals surface area contributed by atoms with Crippen molar-refractivity contribution in [2.45, 2.75) is 13.8 Å². The second-order valence-corrected chi connectivity index (χ2v) is 3.73. The molecule has 0 aliphatic heterocycles. The zero-order chi connectivity index (χ0) is 12.4. The Labute approximate surface area is 98.4 Å². The summed E-state index contributed by atoms with van der Waals surface area (Å²) in [5.41, 5.74) is 4.76. The highest BCUT2D eigenvalue weighted by molar-refractivity contribution is 5.92. The third kappa shape index (κ3) is 2.16. The Morgan fingerprint density at radius 3 is 2.47 bits per heavy atom. The molecule has 0 radical (unpaired) electrons. The Hall–Kier alpha value is -2.21. The van der Waals surface area contributed by atoms with E-state index in [1.54, 1.807) is 6.92 Å². The molecule has 0 spiro atoms. The van der Waals surface area contributed by atoms with Gasteiger partial charge in [-0.3, -0.25) is 10.2 Å².